The van der Waals surface area contributed by atoms with Gasteiger partial charge in [0.2, 0.25) is 0 Å². The summed E-state index contributed by atoms with van der Waals surface area (Å²) in [6, 6.07) is 15.2. The third kappa shape index (κ3) is 6.82. The number of quaternary nitrogens is 2. The standard InChI is InChI=1S/C23H29ClN2O3/c1-2-23(28)19-5-9-22(10-6-19)29-17-21(27)16-26-13-11-25(12-14-26)15-18-3-7-20(24)8-4-18/h3-10,21,27H,2,11-17H2,1H3/p+2/t21-/m1/s1. The summed E-state index contributed by atoms with van der Waals surface area (Å²) in [7, 11) is 0. The van der Waals surface area contributed by atoms with Crippen LogP contribution in [0.15, 0.2) is 48.5 Å². The van der Waals surface area contributed by atoms with Crippen LogP contribution in [0, 0.1) is 0 Å². The molecule has 1 atom stereocenters. The van der Waals surface area contributed by atoms with E-state index >= 15 is 0 Å². The van der Waals surface area contributed by atoms with E-state index < -0.39 is 6.10 Å². The van der Waals surface area contributed by atoms with Gasteiger partial charge >= 0.3 is 0 Å². The lowest BCUT2D eigenvalue weighted by atomic mass is 10.1. The summed E-state index contributed by atoms with van der Waals surface area (Å²) in [5.74, 6) is 0.807. The van der Waals surface area contributed by atoms with E-state index in [1.165, 1.54) is 10.5 Å². The molecule has 2 aromatic rings. The number of nitrogens with one attached hydrogen (secondary N) is 2. The van der Waals surface area contributed by atoms with Crippen molar-refractivity contribution in [2.75, 3.05) is 39.3 Å². The number of hydrogen-bond acceptors (Lipinski definition) is 3. The van der Waals surface area contributed by atoms with Crippen molar-refractivity contribution in [3.8, 4) is 5.75 Å². The summed E-state index contributed by atoms with van der Waals surface area (Å²) >= 11 is 5.95. The van der Waals surface area contributed by atoms with Crippen LogP contribution in [0.1, 0.15) is 29.3 Å². The molecule has 29 heavy (non-hydrogen) atoms. The largest absolute Gasteiger partial charge is 0.491 e. The molecular weight excluding hydrogens is 388 g/mol. The second-order valence-corrected chi connectivity index (χ2v) is 8.21. The number of aliphatic hydroxyl groups excluding tert-OH is 1. The molecule has 5 nitrogen and oxygen atoms in total. The second kappa shape index (κ2) is 10.7. The van der Waals surface area contributed by atoms with Crippen molar-refractivity contribution >= 4 is 17.4 Å². The normalized spacial score (nSPS) is 20.2. The summed E-state index contributed by atoms with van der Waals surface area (Å²) in [5, 5.41) is 11.1. The molecular formula is C23H31ClN2O3+2. The van der Waals surface area contributed by atoms with E-state index in [1.54, 1.807) is 29.2 Å². The van der Waals surface area contributed by atoms with Gasteiger partial charge in [-0.1, -0.05) is 30.7 Å². The number of hydrogen-bond donors (Lipinski definition) is 3. The molecule has 0 radical (unpaired) electrons. The van der Waals surface area contributed by atoms with Gasteiger partial charge in [-0.2, -0.15) is 0 Å². The van der Waals surface area contributed by atoms with Gasteiger partial charge in [0.1, 0.15) is 57.7 Å². The predicted molar refractivity (Wildman–Crippen MR) is 114 cm³/mol. The number of rotatable bonds is 9. The number of benzene rings is 2. The summed E-state index contributed by atoms with van der Waals surface area (Å²) in [4.78, 5) is 14.7. The molecule has 0 bridgehead atoms. The Kier molecular flexibility index (Phi) is 8.07. The van der Waals surface area contributed by atoms with Gasteiger partial charge < -0.3 is 19.6 Å². The number of ether oxygens (including phenoxy) is 1. The minimum absolute atomic E-state index is 0.123. The van der Waals surface area contributed by atoms with Crippen LogP contribution in [-0.2, 0) is 6.54 Å². The van der Waals surface area contributed by atoms with Gasteiger partial charge in [-0.3, -0.25) is 4.79 Å². The Balaban J connectivity index is 1.36. The van der Waals surface area contributed by atoms with Crippen LogP contribution in [0.25, 0.3) is 0 Å². The van der Waals surface area contributed by atoms with Crippen LogP contribution in [0.2, 0.25) is 5.02 Å². The highest BCUT2D eigenvalue weighted by Gasteiger charge is 2.25. The smallest absolute Gasteiger partial charge is 0.162 e. The lowest BCUT2D eigenvalue weighted by molar-refractivity contribution is -1.02. The van der Waals surface area contributed by atoms with Crippen molar-refractivity contribution in [3.63, 3.8) is 0 Å². The van der Waals surface area contributed by atoms with Crippen LogP contribution < -0.4 is 14.5 Å². The second-order valence-electron chi connectivity index (χ2n) is 7.77. The maximum atomic E-state index is 11.7. The minimum Gasteiger partial charge on any atom is -0.491 e. The number of carbonyl (C=O) groups is 1. The first-order valence-electron chi connectivity index (χ1n) is 10.4. The number of piperazine rings is 1. The molecule has 0 aromatic heterocycles. The van der Waals surface area contributed by atoms with E-state index in [9.17, 15) is 9.90 Å². The van der Waals surface area contributed by atoms with Crippen molar-refractivity contribution in [3.05, 3.63) is 64.7 Å². The van der Waals surface area contributed by atoms with Gasteiger partial charge in [-0.05, 0) is 36.4 Å². The van der Waals surface area contributed by atoms with Crippen LogP contribution in [0.4, 0.5) is 0 Å². The average Bonchev–Trinajstić information content (AvgIpc) is 2.75. The maximum Gasteiger partial charge on any atom is 0.162 e. The number of Topliss-reactive ketones (excluding diaryl/α,β-unsaturated/α-hetero) is 1. The lowest BCUT2D eigenvalue weighted by Crippen LogP contribution is -3.28. The van der Waals surface area contributed by atoms with E-state index in [2.05, 4.69) is 12.1 Å². The number of aliphatic hydroxyl groups is 1. The molecule has 3 N–H and O–H groups in total. The van der Waals surface area contributed by atoms with E-state index in [0.717, 1.165) is 37.7 Å². The third-order valence-corrected chi connectivity index (χ3v) is 5.75. The Hall–Kier alpha value is -1.92. The summed E-state index contributed by atoms with van der Waals surface area (Å²) < 4.78 is 5.70. The zero-order chi connectivity index (χ0) is 20.6. The molecule has 0 saturated carbocycles. The van der Waals surface area contributed by atoms with Crippen LogP contribution in [-0.4, -0.2) is 56.3 Å². The quantitative estimate of drug-likeness (QED) is 0.524. The Labute approximate surface area is 177 Å². The van der Waals surface area contributed by atoms with Crippen molar-refractivity contribution < 1.29 is 24.4 Å². The Morgan fingerprint density at radius 3 is 2.28 bits per heavy atom. The molecule has 1 heterocycles. The Morgan fingerprint density at radius 1 is 1.03 bits per heavy atom. The first kappa shape index (κ1) is 21.8. The van der Waals surface area contributed by atoms with E-state index in [0.29, 0.717) is 24.3 Å². The number of ketones is 1. The third-order valence-electron chi connectivity index (χ3n) is 5.50. The fourth-order valence-electron chi connectivity index (χ4n) is 3.75. The zero-order valence-corrected chi connectivity index (χ0v) is 17.8. The van der Waals surface area contributed by atoms with Crippen LogP contribution in [0.3, 0.4) is 0 Å². The van der Waals surface area contributed by atoms with Gasteiger partial charge in [-0.25, -0.2) is 0 Å². The van der Waals surface area contributed by atoms with Gasteiger partial charge in [0.25, 0.3) is 0 Å². The minimum atomic E-state index is -0.500. The molecule has 1 saturated heterocycles. The van der Waals surface area contributed by atoms with Gasteiger partial charge in [0.05, 0.1) is 0 Å². The molecule has 0 spiro atoms. The molecule has 2 aromatic carbocycles. The van der Waals surface area contributed by atoms with E-state index in [1.807, 2.05) is 19.1 Å². The molecule has 0 amide bonds. The average molecular weight is 419 g/mol. The molecule has 3 rings (SSSR count). The maximum absolute atomic E-state index is 11.7. The summed E-state index contributed by atoms with van der Waals surface area (Å²) in [6.07, 6.45) is -0.00382. The van der Waals surface area contributed by atoms with E-state index in [-0.39, 0.29) is 12.4 Å². The SMILES string of the molecule is CCC(=O)c1ccc(OC[C@H](O)C[NH+]2CC[NH+](Cc3ccc(Cl)cc3)CC2)cc1. The molecule has 1 aliphatic heterocycles. The molecule has 6 heteroatoms. The highest BCUT2D eigenvalue weighted by Crippen LogP contribution is 2.13. The highest BCUT2D eigenvalue weighted by molar-refractivity contribution is 6.30. The van der Waals surface area contributed by atoms with Crippen LogP contribution >= 0.6 is 11.6 Å². The molecule has 0 unspecified atom stereocenters. The van der Waals surface area contributed by atoms with Gasteiger partial charge in [0.15, 0.2) is 5.78 Å². The van der Waals surface area contributed by atoms with Crippen molar-refractivity contribution in [2.45, 2.75) is 26.0 Å². The molecule has 0 aliphatic carbocycles. The summed E-state index contributed by atoms with van der Waals surface area (Å²) in [6.45, 7) is 8.13. The Morgan fingerprint density at radius 2 is 1.66 bits per heavy atom. The van der Waals surface area contributed by atoms with Crippen LogP contribution in [0.5, 0.6) is 5.75 Å². The topological polar surface area (TPSA) is 55.4 Å². The van der Waals surface area contributed by atoms with Crippen molar-refractivity contribution in [1.82, 2.24) is 0 Å². The fraction of sp³-hybridized carbons (Fsp3) is 0.435. The number of carbonyl (C=O) groups excluding carboxylic acids is 1. The molecule has 1 aliphatic rings. The highest BCUT2D eigenvalue weighted by atomic mass is 35.5. The monoisotopic (exact) mass is 418 g/mol. The number of halogens is 1. The molecule has 156 valence electrons. The Bertz CT molecular complexity index is 772. The first-order valence-corrected chi connectivity index (χ1v) is 10.8. The van der Waals surface area contributed by atoms with E-state index in [4.69, 9.17) is 16.3 Å². The van der Waals surface area contributed by atoms with Gasteiger partial charge in [-0.15, -0.1) is 0 Å². The first-order chi connectivity index (χ1) is 14.0. The van der Waals surface area contributed by atoms with Crippen molar-refractivity contribution in [1.29, 1.82) is 0 Å². The predicted octanol–water partition coefficient (Wildman–Crippen LogP) is 0.656. The molecule has 1 fully saturated rings. The van der Waals surface area contributed by atoms with Crippen molar-refractivity contribution in [2.24, 2.45) is 0 Å². The zero-order valence-electron chi connectivity index (χ0n) is 17.0. The summed E-state index contributed by atoms with van der Waals surface area (Å²) in [5.41, 5.74) is 2.01. The van der Waals surface area contributed by atoms with Gasteiger partial charge in [0, 0.05) is 22.6 Å². The lowest BCUT2D eigenvalue weighted by Gasteiger charge is -2.30. The fourth-order valence-corrected chi connectivity index (χ4v) is 3.88.